The molecule has 98 valence electrons. The topological polar surface area (TPSA) is 38.3 Å². The summed E-state index contributed by atoms with van der Waals surface area (Å²) in [5, 5.41) is 3.36. The molecule has 1 aromatic rings. The van der Waals surface area contributed by atoms with Crippen LogP contribution in [0.2, 0.25) is 0 Å². The van der Waals surface area contributed by atoms with Crippen LogP contribution in [0.5, 0.6) is 0 Å². The Balaban J connectivity index is 2.06. The highest BCUT2D eigenvalue weighted by atomic mass is 19.1. The number of ether oxygens (including phenoxy) is 1. The molecule has 3 unspecified atom stereocenters. The highest BCUT2D eigenvalue weighted by molar-refractivity contribution is 5.98. The monoisotopic (exact) mass is 251 g/mol. The van der Waals surface area contributed by atoms with Gasteiger partial charge in [-0.05, 0) is 31.2 Å². The van der Waals surface area contributed by atoms with E-state index in [0.717, 1.165) is 0 Å². The summed E-state index contributed by atoms with van der Waals surface area (Å²) < 4.78 is 18.3. The van der Waals surface area contributed by atoms with E-state index < -0.39 is 0 Å². The molecular formula is C14H18FNO2. The fraction of sp³-hybridized carbons (Fsp3) is 0.500. The molecular weight excluding hydrogens is 233 g/mol. The van der Waals surface area contributed by atoms with E-state index in [0.29, 0.717) is 18.8 Å². The summed E-state index contributed by atoms with van der Waals surface area (Å²) in [7, 11) is 0. The van der Waals surface area contributed by atoms with E-state index in [-0.39, 0.29) is 29.6 Å². The van der Waals surface area contributed by atoms with Gasteiger partial charge in [0.15, 0.2) is 5.78 Å². The first-order valence-corrected chi connectivity index (χ1v) is 6.21. The highest BCUT2D eigenvalue weighted by Gasteiger charge is 2.28. The first kappa shape index (κ1) is 13.2. The molecule has 1 aliphatic rings. The van der Waals surface area contributed by atoms with Crippen molar-refractivity contribution in [2.45, 2.75) is 25.9 Å². The van der Waals surface area contributed by atoms with Gasteiger partial charge in [-0.15, -0.1) is 0 Å². The quantitative estimate of drug-likeness (QED) is 0.835. The maximum atomic E-state index is 12.8. The third kappa shape index (κ3) is 2.94. The lowest BCUT2D eigenvalue weighted by atomic mass is 9.91. The van der Waals surface area contributed by atoms with Gasteiger partial charge in [0.1, 0.15) is 5.82 Å². The molecule has 0 spiro atoms. The Labute approximate surface area is 106 Å². The fourth-order valence-corrected chi connectivity index (χ4v) is 2.18. The van der Waals surface area contributed by atoms with Crippen molar-refractivity contribution in [3.05, 3.63) is 35.6 Å². The number of benzene rings is 1. The Morgan fingerprint density at radius 2 is 2.06 bits per heavy atom. The average Bonchev–Trinajstić information content (AvgIpc) is 2.38. The van der Waals surface area contributed by atoms with Crippen molar-refractivity contribution < 1.29 is 13.9 Å². The number of hydrogen-bond donors (Lipinski definition) is 1. The number of ketones is 1. The molecule has 0 amide bonds. The number of nitrogens with one attached hydrogen (secondary N) is 1. The minimum Gasteiger partial charge on any atom is -0.378 e. The zero-order valence-corrected chi connectivity index (χ0v) is 10.7. The second-order valence-corrected chi connectivity index (χ2v) is 4.87. The van der Waals surface area contributed by atoms with Crippen LogP contribution in [-0.2, 0) is 4.74 Å². The molecule has 1 saturated heterocycles. The largest absolute Gasteiger partial charge is 0.378 e. The van der Waals surface area contributed by atoms with Gasteiger partial charge < -0.3 is 10.1 Å². The van der Waals surface area contributed by atoms with Crippen LogP contribution in [0.25, 0.3) is 0 Å². The normalized spacial score (nSPS) is 25.7. The molecule has 1 N–H and O–H groups in total. The van der Waals surface area contributed by atoms with Gasteiger partial charge in [-0.2, -0.15) is 0 Å². The van der Waals surface area contributed by atoms with E-state index >= 15 is 0 Å². The first-order valence-electron chi connectivity index (χ1n) is 6.21. The molecule has 0 saturated carbocycles. The molecule has 3 atom stereocenters. The van der Waals surface area contributed by atoms with Crippen LogP contribution in [0.3, 0.4) is 0 Å². The van der Waals surface area contributed by atoms with Crippen LogP contribution in [0.15, 0.2) is 24.3 Å². The Bertz CT molecular complexity index is 418. The molecule has 18 heavy (non-hydrogen) atoms. The fourth-order valence-electron chi connectivity index (χ4n) is 2.18. The third-order valence-corrected chi connectivity index (χ3v) is 3.31. The molecule has 1 aromatic carbocycles. The van der Waals surface area contributed by atoms with Gasteiger partial charge in [-0.3, -0.25) is 4.79 Å². The van der Waals surface area contributed by atoms with Crippen molar-refractivity contribution in [2.24, 2.45) is 5.92 Å². The van der Waals surface area contributed by atoms with Crippen molar-refractivity contribution in [1.29, 1.82) is 0 Å². The van der Waals surface area contributed by atoms with Crippen LogP contribution in [0.1, 0.15) is 24.2 Å². The predicted molar refractivity (Wildman–Crippen MR) is 67.1 cm³/mol. The van der Waals surface area contributed by atoms with E-state index in [4.69, 9.17) is 4.74 Å². The Hall–Kier alpha value is -1.26. The number of carbonyl (C=O) groups is 1. The molecule has 1 heterocycles. The van der Waals surface area contributed by atoms with Gasteiger partial charge in [-0.25, -0.2) is 4.39 Å². The predicted octanol–water partition coefficient (Wildman–Crippen LogP) is 2.02. The van der Waals surface area contributed by atoms with Crippen LogP contribution in [0, 0.1) is 11.7 Å². The van der Waals surface area contributed by atoms with Crippen LogP contribution < -0.4 is 5.32 Å². The Morgan fingerprint density at radius 1 is 1.39 bits per heavy atom. The molecule has 0 aromatic heterocycles. The number of Topliss-reactive ketones (excluding diaryl/α,β-unsaturated/α-hetero) is 1. The molecule has 1 aliphatic heterocycles. The molecule has 0 aliphatic carbocycles. The second-order valence-electron chi connectivity index (χ2n) is 4.87. The van der Waals surface area contributed by atoms with E-state index in [1.807, 2.05) is 13.8 Å². The minimum absolute atomic E-state index is 0.0187. The third-order valence-electron chi connectivity index (χ3n) is 3.31. The standard InChI is InChI=1S/C14H18FNO2/c1-9-7-18-8-13(16-9)10(2)14(17)11-3-5-12(15)6-4-11/h3-6,9-10,13,16H,7-8H2,1-2H3. The summed E-state index contributed by atoms with van der Waals surface area (Å²) in [6, 6.07) is 5.96. The number of hydrogen-bond acceptors (Lipinski definition) is 3. The van der Waals surface area contributed by atoms with E-state index in [1.54, 1.807) is 0 Å². The maximum absolute atomic E-state index is 12.8. The lowest BCUT2D eigenvalue weighted by molar-refractivity contribution is 0.0331. The molecule has 3 nitrogen and oxygen atoms in total. The van der Waals surface area contributed by atoms with E-state index in [9.17, 15) is 9.18 Å². The zero-order chi connectivity index (χ0) is 13.1. The van der Waals surface area contributed by atoms with E-state index in [2.05, 4.69) is 5.32 Å². The smallest absolute Gasteiger partial charge is 0.167 e. The number of morpholine rings is 1. The van der Waals surface area contributed by atoms with Crippen molar-refractivity contribution in [3.8, 4) is 0 Å². The highest BCUT2D eigenvalue weighted by Crippen LogP contribution is 2.16. The first-order chi connectivity index (χ1) is 8.58. The van der Waals surface area contributed by atoms with Gasteiger partial charge in [0.2, 0.25) is 0 Å². The summed E-state index contributed by atoms with van der Waals surface area (Å²) >= 11 is 0. The van der Waals surface area contributed by atoms with Gasteiger partial charge in [0.05, 0.1) is 13.2 Å². The second kappa shape index (κ2) is 5.59. The molecule has 0 bridgehead atoms. The average molecular weight is 251 g/mol. The maximum Gasteiger partial charge on any atom is 0.167 e. The summed E-state index contributed by atoms with van der Waals surface area (Å²) in [6.07, 6.45) is 0. The van der Waals surface area contributed by atoms with Crippen molar-refractivity contribution >= 4 is 5.78 Å². The Kier molecular flexibility index (Phi) is 4.09. The van der Waals surface area contributed by atoms with Gasteiger partial charge in [0, 0.05) is 23.6 Å². The summed E-state index contributed by atoms with van der Waals surface area (Å²) in [4.78, 5) is 12.2. The number of halogens is 1. The molecule has 2 rings (SSSR count). The lowest BCUT2D eigenvalue weighted by Crippen LogP contribution is -2.52. The summed E-state index contributed by atoms with van der Waals surface area (Å²) in [5.41, 5.74) is 0.545. The SMILES string of the molecule is CC1COCC(C(C)C(=O)c2ccc(F)cc2)N1. The number of rotatable bonds is 3. The minimum atomic E-state index is -0.327. The van der Waals surface area contributed by atoms with Crippen LogP contribution in [0.4, 0.5) is 4.39 Å². The van der Waals surface area contributed by atoms with Crippen molar-refractivity contribution in [1.82, 2.24) is 5.32 Å². The van der Waals surface area contributed by atoms with Gasteiger partial charge in [0.25, 0.3) is 0 Å². The summed E-state index contributed by atoms with van der Waals surface area (Å²) in [6.45, 7) is 5.12. The lowest BCUT2D eigenvalue weighted by Gasteiger charge is -2.32. The zero-order valence-electron chi connectivity index (χ0n) is 10.7. The molecule has 4 heteroatoms. The van der Waals surface area contributed by atoms with Crippen molar-refractivity contribution in [2.75, 3.05) is 13.2 Å². The van der Waals surface area contributed by atoms with E-state index in [1.165, 1.54) is 24.3 Å². The van der Waals surface area contributed by atoms with Crippen molar-refractivity contribution in [3.63, 3.8) is 0 Å². The molecule has 1 fully saturated rings. The van der Waals surface area contributed by atoms with Gasteiger partial charge in [-0.1, -0.05) is 6.92 Å². The Morgan fingerprint density at radius 3 is 2.67 bits per heavy atom. The van der Waals surface area contributed by atoms with Gasteiger partial charge >= 0.3 is 0 Å². The van der Waals surface area contributed by atoms with Crippen LogP contribution in [-0.4, -0.2) is 31.1 Å². The van der Waals surface area contributed by atoms with Crippen LogP contribution >= 0.6 is 0 Å². The summed E-state index contributed by atoms with van der Waals surface area (Å²) in [5.74, 6) is -0.490. The molecule has 0 radical (unpaired) electrons. The number of carbonyl (C=O) groups excluding carboxylic acids is 1.